The smallest absolute Gasteiger partial charge is 0.227 e. The van der Waals surface area contributed by atoms with Gasteiger partial charge in [-0.25, -0.2) is 14.5 Å². The molecule has 3 heterocycles. The van der Waals surface area contributed by atoms with Gasteiger partial charge in [-0.05, 0) is 92.5 Å². The number of hydrogen-bond donors (Lipinski definition) is 0. The number of fused-ring (bicyclic) bond motifs is 5. The van der Waals surface area contributed by atoms with E-state index < -0.39 is 5.41 Å². The normalized spacial score (nSPS) is 14.6. The molecule has 0 radical (unpaired) electrons. The Hall–Kier alpha value is -7.37. The zero-order chi connectivity index (χ0) is 36.3. The van der Waals surface area contributed by atoms with Crippen molar-refractivity contribution in [3.05, 3.63) is 217 Å². The van der Waals surface area contributed by atoms with Crippen molar-refractivity contribution in [2.45, 2.75) is 5.41 Å². The highest BCUT2D eigenvalue weighted by atomic mass is 16.3. The van der Waals surface area contributed by atoms with Crippen molar-refractivity contribution < 1.29 is 4.42 Å². The molecule has 3 aromatic heterocycles. The second-order valence-corrected chi connectivity index (χ2v) is 14.1. The van der Waals surface area contributed by atoms with Crippen molar-refractivity contribution in [3.8, 4) is 56.2 Å². The van der Waals surface area contributed by atoms with E-state index >= 15 is 0 Å². The molecular formula is C50H32N4O. The van der Waals surface area contributed by atoms with Crippen LogP contribution in [0.3, 0.4) is 0 Å². The second-order valence-electron chi connectivity index (χ2n) is 14.1. The highest BCUT2D eigenvalue weighted by Crippen LogP contribution is 2.57. The van der Waals surface area contributed by atoms with Gasteiger partial charge < -0.3 is 4.42 Å². The van der Waals surface area contributed by atoms with Crippen LogP contribution in [0.2, 0.25) is 0 Å². The van der Waals surface area contributed by atoms with Crippen LogP contribution in [0.4, 0.5) is 0 Å². The van der Waals surface area contributed by atoms with E-state index in [-0.39, 0.29) is 0 Å². The Bertz CT molecular complexity index is 3020. The molecule has 55 heavy (non-hydrogen) atoms. The maximum Gasteiger partial charge on any atom is 0.227 e. The maximum atomic E-state index is 6.27. The van der Waals surface area contributed by atoms with E-state index in [1.807, 2.05) is 65.3 Å². The minimum absolute atomic E-state index is 0.553. The van der Waals surface area contributed by atoms with Crippen LogP contribution in [0, 0.1) is 0 Å². The summed E-state index contributed by atoms with van der Waals surface area (Å²) >= 11 is 0. The molecule has 0 amide bonds. The van der Waals surface area contributed by atoms with Crippen LogP contribution >= 0.6 is 0 Å². The summed E-state index contributed by atoms with van der Waals surface area (Å²) in [6.07, 6.45) is 1.95. The Morgan fingerprint density at radius 3 is 1.89 bits per heavy atom. The molecule has 10 aromatic rings. The predicted octanol–water partition coefficient (Wildman–Crippen LogP) is 11.9. The van der Waals surface area contributed by atoms with Crippen molar-refractivity contribution in [1.82, 2.24) is 19.6 Å². The third kappa shape index (κ3) is 4.90. The number of pyridine rings is 1. The van der Waals surface area contributed by atoms with Gasteiger partial charge in [0.2, 0.25) is 5.89 Å². The van der Waals surface area contributed by atoms with Gasteiger partial charge in [0.15, 0.2) is 17.1 Å². The molecule has 0 bridgehead atoms. The molecule has 1 aliphatic rings. The van der Waals surface area contributed by atoms with Crippen molar-refractivity contribution in [3.63, 3.8) is 0 Å². The molecule has 0 aliphatic heterocycles. The first-order chi connectivity index (χ1) is 27.2. The van der Waals surface area contributed by atoms with Crippen LogP contribution in [0.15, 0.2) is 199 Å². The van der Waals surface area contributed by atoms with Gasteiger partial charge >= 0.3 is 0 Å². The molecule has 0 saturated heterocycles. The largest absolute Gasteiger partial charge is 0.436 e. The van der Waals surface area contributed by atoms with Crippen LogP contribution in [0.5, 0.6) is 0 Å². The SMILES string of the molecule is c1ccc(-c2nc3cc(C4(c5ccccc5)c5ccccc5-c5cc(-c6ccc(-c7nc8c(-c9ccccc9)cccn8n7)cc6)ccc54)ccc3o2)cc1. The topological polar surface area (TPSA) is 56.2 Å². The molecule has 0 spiro atoms. The average molecular weight is 705 g/mol. The number of rotatable bonds is 6. The Kier molecular flexibility index (Phi) is 7.01. The Labute approximate surface area is 317 Å². The number of aromatic nitrogens is 4. The molecule has 1 aliphatic carbocycles. The van der Waals surface area contributed by atoms with Crippen molar-refractivity contribution in [2.75, 3.05) is 0 Å². The first kappa shape index (κ1) is 31.2. The first-order valence-corrected chi connectivity index (χ1v) is 18.5. The molecule has 5 nitrogen and oxygen atoms in total. The lowest BCUT2D eigenvalue weighted by Crippen LogP contribution is -2.28. The lowest BCUT2D eigenvalue weighted by molar-refractivity contribution is 0.619. The molecule has 11 rings (SSSR count). The molecule has 7 aromatic carbocycles. The van der Waals surface area contributed by atoms with E-state index in [1.165, 1.54) is 27.8 Å². The monoisotopic (exact) mass is 704 g/mol. The number of oxazole rings is 1. The average Bonchev–Trinajstić information content (AvgIpc) is 3.98. The van der Waals surface area contributed by atoms with Crippen LogP contribution in [-0.2, 0) is 5.41 Å². The van der Waals surface area contributed by atoms with Crippen LogP contribution < -0.4 is 0 Å². The third-order valence-corrected chi connectivity index (χ3v) is 11.0. The fourth-order valence-corrected chi connectivity index (χ4v) is 8.49. The minimum Gasteiger partial charge on any atom is -0.436 e. The van der Waals surface area contributed by atoms with E-state index in [0.717, 1.165) is 55.7 Å². The van der Waals surface area contributed by atoms with Crippen molar-refractivity contribution >= 4 is 16.7 Å². The molecule has 0 fully saturated rings. The quantitative estimate of drug-likeness (QED) is 0.173. The number of nitrogens with zero attached hydrogens (tertiary/aromatic N) is 4. The van der Waals surface area contributed by atoms with E-state index in [9.17, 15) is 0 Å². The van der Waals surface area contributed by atoms with Gasteiger partial charge in [-0.15, -0.1) is 5.10 Å². The fraction of sp³-hybridized carbons (Fsp3) is 0.0200. The highest BCUT2D eigenvalue weighted by molar-refractivity contribution is 5.90. The van der Waals surface area contributed by atoms with Crippen molar-refractivity contribution in [2.24, 2.45) is 0 Å². The Morgan fingerprint density at radius 2 is 1.09 bits per heavy atom. The number of hydrogen-bond acceptors (Lipinski definition) is 4. The molecular weight excluding hydrogens is 673 g/mol. The standard InChI is InChI=1S/C50H32N4O/c1-4-13-34(14-5-1)40-20-12-30-54-48(40)52-47(53-54)35-24-22-33(23-25-35)37-26-28-44-42(31-37)41-19-10-11-21-43(41)50(44,38-17-8-3-9-18-38)39-27-29-46-45(32-39)51-49(55-46)36-15-6-2-7-16-36/h1-32H. The predicted molar refractivity (Wildman–Crippen MR) is 220 cm³/mol. The summed E-state index contributed by atoms with van der Waals surface area (Å²) in [6, 6.07) is 66.3. The van der Waals surface area contributed by atoms with Crippen molar-refractivity contribution in [1.29, 1.82) is 0 Å². The van der Waals surface area contributed by atoms with Gasteiger partial charge in [-0.2, -0.15) is 0 Å². The Morgan fingerprint density at radius 1 is 0.436 bits per heavy atom. The third-order valence-electron chi connectivity index (χ3n) is 11.0. The summed E-state index contributed by atoms with van der Waals surface area (Å²) in [7, 11) is 0. The number of benzene rings is 7. The summed E-state index contributed by atoms with van der Waals surface area (Å²) in [4.78, 5) is 9.97. The van der Waals surface area contributed by atoms with Gasteiger partial charge in [-0.1, -0.05) is 146 Å². The molecule has 258 valence electrons. The van der Waals surface area contributed by atoms with E-state index in [0.29, 0.717) is 11.7 Å². The Balaban J connectivity index is 1.02. The molecule has 1 atom stereocenters. The first-order valence-electron chi connectivity index (χ1n) is 18.5. The summed E-state index contributed by atoms with van der Waals surface area (Å²) in [6.45, 7) is 0. The fourth-order valence-electron chi connectivity index (χ4n) is 8.49. The van der Waals surface area contributed by atoms with E-state index in [2.05, 4.69) is 133 Å². The van der Waals surface area contributed by atoms with Gasteiger partial charge in [0.1, 0.15) is 5.52 Å². The van der Waals surface area contributed by atoms with Gasteiger partial charge in [-0.3, -0.25) is 0 Å². The second kappa shape index (κ2) is 12.4. The maximum absolute atomic E-state index is 6.27. The molecule has 0 saturated carbocycles. The van der Waals surface area contributed by atoms with Gasteiger partial charge in [0.25, 0.3) is 0 Å². The summed E-state index contributed by atoms with van der Waals surface area (Å²) in [5.74, 6) is 1.32. The zero-order valence-electron chi connectivity index (χ0n) is 29.7. The van der Waals surface area contributed by atoms with Crippen LogP contribution in [-0.4, -0.2) is 19.6 Å². The van der Waals surface area contributed by atoms with Gasteiger partial charge in [0.05, 0.1) is 5.41 Å². The van der Waals surface area contributed by atoms with E-state index in [1.54, 1.807) is 0 Å². The summed E-state index contributed by atoms with van der Waals surface area (Å²) in [5, 5.41) is 4.85. The summed E-state index contributed by atoms with van der Waals surface area (Å²) in [5.41, 5.74) is 15.6. The van der Waals surface area contributed by atoms with Gasteiger partial charge in [0, 0.05) is 22.9 Å². The lowest BCUT2D eigenvalue weighted by atomic mass is 9.67. The van der Waals surface area contributed by atoms with Crippen LogP contribution in [0.1, 0.15) is 22.3 Å². The zero-order valence-corrected chi connectivity index (χ0v) is 29.7. The highest BCUT2D eigenvalue weighted by Gasteiger charge is 2.46. The molecule has 5 heteroatoms. The van der Waals surface area contributed by atoms with E-state index in [4.69, 9.17) is 19.5 Å². The molecule has 0 N–H and O–H groups in total. The van der Waals surface area contributed by atoms with Crippen LogP contribution in [0.25, 0.3) is 73.0 Å². The lowest BCUT2D eigenvalue weighted by Gasteiger charge is -2.33. The molecule has 1 unspecified atom stereocenters. The summed E-state index contributed by atoms with van der Waals surface area (Å²) < 4.78 is 8.14. The minimum atomic E-state index is -0.553.